The minimum atomic E-state index is -0.896. The van der Waals surface area contributed by atoms with Crippen molar-refractivity contribution in [1.29, 1.82) is 0 Å². The summed E-state index contributed by atoms with van der Waals surface area (Å²) in [6.07, 6.45) is 0.201. The molecule has 0 spiro atoms. The predicted octanol–water partition coefficient (Wildman–Crippen LogP) is 2.74. The van der Waals surface area contributed by atoms with Gasteiger partial charge in [-0.1, -0.05) is 32.9 Å². The Balaban J connectivity index is 2.55. The summed E-state index contributed by atoms with van der Waals surface area (Å²) in [6.45, 7) is 5.52. The Hall–Kier alpha value is -2.17. The van der Waals surface area contributed by atoms with E-state index in [0.717, 1.165) is 5.52 Å². The highest BCUT2D eigenvalue weighted by atomic mass is 16.4. The van der Waals surface area contributed by atoms with Crippen LogP contribution in [-0.2, 0) is 11.2 Å². The number of aromatic nitrogens is 2. The molecule has 0 aliphatic heterocycles. The van der Waals surface area contributed by atoms with Crippen molar-refractivity contribution in [3.63, 3.8) is 0 Å². The number of fused-ring (bicyclic) bond motifs is 1. The predicted molar refractivity (Wildman–Crippen MR) is 75.8 cm³/mol. The number of nitrogens with zero attached hydrogens (tertiary/aromatic N) is 2. The summed E-state index contributed by atoms with van der Waals surface area (Å²) in [5, 5.41) is 8.82. The molecule has 2 aromatic rings. The summed E-state index contributed by atoms with van der Waals surface area (Å²) in [6, 6.07) is 7.35. The van der Waals surface area contributed by atoms with E-state index in [1.807, 2.05) is 45.0 Å². The van der Waals surface area contributed by atoms with E-state index in [1.54, 1.807) is 4.57 Å². The van der Waals surface area contributed by atoms with Crippen LogP contribution in [-0.4, -0.2) is 26.5 Å². The first-order chi connectivity index (χ1) is 9.30. The van der Waals surface area contributed by atoms with E-state index >= 15 is 0 Å². The van der Waals surface area contributed by atoms with Crippen LogP contribution >= 0.6 is 0 Å². The van der Waals surface area contributed by atoms with Gasteiger partial charge in [0.1, 0.15) is 5.82 Å². The quantitative estimate of drug-likeness (QED) is 0.934. The molecule has 2 rings (SSSR count). The van der Waals surface area contributed by atoms with Gasteiger partial charge in [0.15, 0.2) is 0 Å². The highest BCUT2D eigenvalue weighted by molar-refractivity contribution is 5.93. The maximum atomic E-state index is 12.6. The van der Waals surface area contributed by atoms with Crippen LogP contribution in [0.1, 0.15) is 37.8 Å². The molecule has 0 saturated heterocycles. The third kappa shape index (κ3) is 2.71. The highest BCUT2D eigenvalue weighted by Gasteiger charge is 2.27. The summed E-state index contributed by atoms with van der Waals surface area (Å²) in [5.41, 5.74) is 0.889. The molecule has 5 nitrogen and oxygen atoms in total. The van der Waals surface area contributed by atoms with Crippen LogP contribution in [0.25, 0.3) is 11.0 Å². The van der Waals surface area contributed by atoms with E-state index in [1.165, 1.54) is 0 Å². The number of para-hydroxylation sites is 2. The second-order valence-electron chi connectivity index (χ2n) is 5.80. The Morgan fingerprint density at radius 1 is 1.25 bits per heavy atom. The Kier molecular flexibility index (Phi) is 3.61. The molecule has 0 radical (unpaired) electrons. The lowest BCUT2D eigenvalue weighted by Gasteiger charge is -2.19. The fraction of sp³-hybridized carbons (Fsp3) is 0.400. The molecule has 0 bridgehead atoms. The van der Waals surface area contributed by atoms with Gasteiger partial charge in [-0.15, -0.1) is 0 Å². The number of imidazole rings is 1. The van der Waals surface area contributed by atoms with Gasteiger partial charge in [-0.25, -0.2) is 4.98 Å². The fourth-order valence-corrected chi connectivity index (χ4v) is 2.02. The number of aliphatic carboxylic acids is 1. The maximum Gasteiger partial charge on any atom is 0.303 e. The highest BCUT2D eigenvalue weighted by Crippen LogP contribution is 2.23. The molecule has 0 amide bonds. The third-order valence-corrected chi connectivity index (χ3v) is 3.04. The number of benzene rings is 1. The van der Waals surface area contributed by atoms with Crippen molar-refractivity contribution >= 4 is 22.9 Å². The number of carbonyl (C=O) groups excluding carboxylic acids is 1. The van der Waals surface area contributed by atoms with E-state index in [4.69, 9.17) is 5.11 Å². The first-order valence-corrected chi connectivity index (χ1v) is 6.53. The maximum absolute atomic E-state index is 12.6. The molecule has 1 heterocycles. The summed E-state index contributed by atoms with van der Waals surface area (Å²) in [7, 11) is 0. The van der Waals surface area contributed by atoms with Gasteiger partial charge in [0, 0.05) is 11.8 Å². The van der Waals surface area contributed by atoms with Crippen molar-refractivity contribution in [2.75, 3.05) is 0 Å². The molecule has 0 atom stereocenters. The zero-order chi connectivity index (χ0) is 14.9. The number of carboxylic acid groups (broad SMARTS) is 1. The molecular weight excluding hydrogens is 256 g/mol. The molecule has 0 fully saturated rings. The van der Waals surface area contributed by atoms with Gasteiger partial charge in [0.25, 0.3) is 0 Å². The molecule has 0 aliphatic rings. The zero-order valence-corrected chi connectivity index (χ0v) is 11.9. The van der Waals surface area contributed by atoms with Crippen molar-refractivity contribution in [3.8, 4) is 0 Å². The van der Waals surface area contributed by atoms with Crippen LogP contribution in [0.15, 0.2) is 24.3 Å². The number of hydrogen-bond donors (Lipinski definition) is 1. The van der Waals surface area contributed by atoms with Crippen LogP contribution in [0, 0.1) is 5.41 Å². The molecule has 0 aliphatic carbocycles. The number of hydrogen-bond acceptors (Lipinski definition) is 3. The molecular formula is C15H18N2O3. The van der Waals surface area contributed by atoms with Gasteiger partial charge < -0.3 is 5.11 Å². The number of carboxylic acids is 1. The van der Waals surface area contributed by atoms with Gasteiger partial charge in [0.2, 0.25) is 5.91 Å². The Morgan fingerprint density at radius 2 is 1.90 bits per heavy atom. The van der Waals surface area contributed by atoms with Crippen LogP contribution < -0.4 is 0 Å². The molecule has 1 aromatic heterocycles. The van der Waals surface area contributed by atoms with E-state index in [-0.39, 0.29) is 18.7 Å². The number of carbonyl (C=O) groups is 2. The molecule has 106 valence electrons. The Labute approximate surface area is 117 Å². The lowest BCUT2D eigenvalue weighted by Crippen LogP contribution is -2.28. The minimum Gasteiger partial charge on any atom is -0.481 e. The monoisotopic (exact) mass is 274 g/mol. The third-order valence-electron chi connectivity index (χ3n) is 3.04. The molecule has 0 saturated carbocycles. The average molecular weight is 274 g/mol. The Bertz CT molecular complexity index is 665. The lowest BCUT2D eigenvalue weighted by atomic mass is 9.95. The standard InChI is InChI=1S/C15H18N2O3/c1-15(2,3)14(20)17-11-7-5-4-6-10(11)16-12(17)8-9-13(18)19/h4-7H,8-9H2,1-3H3,(H,18,19). The van der Waals surface area contributed by atoms with Gasteiger partial charge in [-0.2, -0.15) is 0 Å². The number of rotatable bonds is 3. The van der Waals surface area contributed by atoms with E-state index in [9.17, 15) is 9.59 Å². The van der Waals surface area contributed by atoms with E-state index in [0.29, 0.717) is 11.3 Å². The van der Waals surface area contributed by atoms with E-state index < -0.39 is 11.4 Å². The van der Waals surface area contributed by atoms with Crippen molar-refractivity contribution in [2.45, 2.75) is 33.6 Å². The van der Waals surface area contributed by atoms with Crippen LogP contribution in [0.3, 0.4) is 0 Å². The molecule has 5 heteroatoms. The van der Waals surface area contributed by atoms with Crippen molar-refractivity contribution in [3.05, 3.63) is 30.1 Å². The first-order valence-electron chi connectivity index (χ1n) is 6.53. The summed E-state index contributed by atoms with van der Waals surface area (Å²) in [4.78, 5) is 27.7. The normalized spacial score (nSPS) is 11.8. The van der Waals surface area contributed by atoms with Gasteiger partial charge >= 0.3 is 5.97 Å². The SMILES string of the molecule is CC(C)(C)C(=O)n1c(CCC(=O)O)nc2ccccc21. The molecule has 1 aromatic carbocycles. The lowest BCUT2D eigenvalue weighted by molar-refractivity contribution is -0.137. The average Bonchev–Trinajstić information content (AvgIpc) is 2.72. The topological polar surface area (TPSA) is 72.2 Å². The minimum absolute atomic E-state index is 0.0409. The summed E-state index contributed by atoms with van der Waals surface area (Å²) >= 11 is 0. The van der Waals surface area contributed by atoms with Gasteiger partial charge in [0.05, 0.1) is 17.5 Å². The fourth-order valence-electron chi connectivity index (χ4n) is 2.02. The first kappa shape index (κ1) is 14.2. The smallest absolute Gasteiger partial charge is 0.303 e. The number of aryl methyl sites for hydroxylation is 1. The second-order valence-corrected chi connectivity index (χ2v) is 5.80. The van der Waals surface area contributed by atoms with Crippen LogP contribution in [0.2, 0.25) is 0 Å². The van der Waals surface area contributed by atoms with Gasteiger partial charge in [-0.3, -0.25) is 14.2 Å². The van der Waals surface area contributed by atoms with Crippen molar-refractivity contribution in [1.82, 2.24) is 9.55 Å². The molecule has 20 heavy (non-hydrogen) atoms. The van der Waals surface area contributed by atoms with Crippen LogP contribution in [0.4, 0.5) is 0 Å². The molecule has 1 N–H and O–H groups in total. The van der Waals surface area contributed by atoms with E-state index in [2.05, 4.69) is 4.98 Å². The second kappa shape index (κ2) is 5.07. The Morgan fingerprint density at radius 3 is 2.50 bits per heavy atom. The largest absolute Gasteiger partial charge is 0.481 e. The molecule has 0 unspecified atom stereocenters. The van der Waals surface area contributed by atoms with Crippen molar-refractivity contribution < 1.29 is 14.7 Å². The zero-order valence-electron chi connectivity index (χ0n) is 11.9. The van der Waals surface area contributed by atoms with Gasteiger partial charge in [-0.05, 0) is 12.1 Å². The van der Waals surface area contributed by atoms with Crippen molar-refractivity contribution in [2.24, 2.45) is 5.41 Å². The van der Waals surface area contributed by atoms with Crippen LogP contribution in [0.5, 0.6) is 0 Å². The summed E-state index contributed by atoms with van der Waals surface area (Å²) in [5.74, 6) is -0.466. The summed E-state index contributed by atoms with van der Waals surface area (Å²) < 4.78 is 1.55.